The van der Waals surface area contributed by atoms with Gasteiger partial charge in [0.05, 0.1) is 24.3 Å². The van der Waals surface area contributed by atoms with Crippen molar-refractivity contribution in [3.63, 3.8) is 0 Å². The Labute approximate surface area is 183 Å². The van der Waals surface area contributed by atoms with Crippen LogP contribution >= 0.6 is 0 Å². The van der Waals surface area contributed by atoms with Gasteiger partial charge in [-0.25, -0.2) is 4.79 Å². The largest absolute Gasteiger partial charge is 0.444 e. The predicted octanol–water partition coefficient (Wildman–Crippen LogP) is 5.35. The van der Waals surface area contributed by atoms with Gasteiger partial charge in [0.25, 0.3) is 0 Å². The second kappa shape index (κ2) is 11.0. The van der Waals surface area contributed by atoms with Crippen molar-refractivity contribution in [2.45, 2.75) is 83.8 Å². The average molecular weight is 429 g/mol. The van der Waals surface area contributed by atoms with Crippen LogP contribution in [0, 0.1) is 0 Å². The average Bonchev–Trinajstić information content (AvgIpc) is 2.72. The maximum Gasteiger partial charge on any atom is 0.407 e. The summed E-state index contributed by atoms with van der Waals surface area (Å²) in [7, 11) is 0. The van der Waals surface area contributed by atoms with Gasteiger partial charge in [-0.3, -0.25) is 4.79 Å². The molecule has 0 fully saturated rings. The van der Waals surface area contributed by atoms with E-state index in [0.717, 1.165) is 12.8 Å². The van der Waals surface area contributed by atoms with Crippen LogP contribution in [0.25, 0.3) is 10.4 Å². The van der Waals surface area contributed by atoms with Crippen LogP contribution in [0.3, 0.4) is 0 Å². The summed E-state index contributed by atoms with van der Waals surface area (Å²) in [5.41, 5.74) is 9.50. The highest BCUT2D eigenvalue weighted by Gasteiger charge is 2.38. The molecule has 0 aromatic heterocycles. The Morgan fingerprint density at radius 3 is 2.42 bits per heavy atom. The first-order chi connectivity index (χ1) is 14.7. The molecule has 1 N–H and O–H groups in total. The lowest BCUT2D eigenvalue weighted by molar-refractivity contribution is -0.0204. The van der Waals surface area contributed by atoms with Gasteiger partial charge in [0, 0.05) is 10.5 Å². The van der Waals surface area contributed by atoms with Crippen LogP contribution < -0.4 is 5.32 Å². The molecule has 1 aromatic rings. The molecule has 0 saturated heterocycles. The van der Waals surface area contributed by atoms with E-state index in [1.807, 2.05) is 19.9 Å². The number of rotatable bonds is 8. The third kappa shape index (κ3) is 7.12. The van der Waals surface area contributed by atoms with Gasteiger partial charge in [-0.05, 0) is 57.2 Å². The van der Waals surface area contributed by atoms with E-state index in [2.05, 4.69) is 15.3 Å². The van der Waals surface area contributed by atoms with Crippen LogP contribution in [-0.2, 0) is 9.47 Å². The Hall–Kier alpha value is -2.83. The molecule has 1 aliphatic rings. The summed E-state index contributed by atoms with van der Waals surface area (Å²) in [6.45, 7) is 9.34. The van der Waals surface area contributed by atoms with E-state index >= 15 is 0 Å². The van der Waals surface area contributed by atoms with Crippen molar-refractivity contribution < 1.29 is 19.1 Å². The maximum absolute atomic E-state index is 13.1. The number of carbonyl (C=O) groups is 2. The molecule has 0 saturated carbocycles. The van der Waals surface area contributed by atoms with Crippen molar-refractivity contribution in [2.75, 3.05) is 0 Å². The van der Waals surface area contributed by atoms with E-state index in [1.54, 1.807) is 51.1 Å². The molecule has 31 heavy (non-hydrogen) atoms. The maximum atomic E-state index is 13.1. The van der Waals surface area contributed by atoms with Crippen LogP contribution in [0.15, 0.2) is 47.1 Å². The van der Waals surface area contributed by atoms with Gasteiger partial charge in [0.15, 0.2) is 5.78 Å². The van der Waals surface area contributed by atoms with Gasteiger partial charge in [0.2, 0.25) is 0 Å². The fourth-order valence-corrected chi connectivity index (χ4v) is 3.51. The molecular weight excluding hydrogens is 396 g/mol. The van der Waals surface area contributed by atoms with Crippen molar-refractivity contribution in [1.29, 1.82) is 0 Å². The highest BCUT2D eigenvalue weighted by molar-refractivity contribution is 6.08. The molecule has 0 unspecified atom stereocenters. The van der Waals surface area contributed by atoms with Crippen molar-refractivity contribution in [2.24, 2.45) is 5.11 Å². The van der Waals surface area contributed by atoms with Crippen molar-refractivity contribution >= 4 is 11.9 Å². The summed E-state index contributed by atoms with van der Waals surface area (Å²) >= 11 is 0. The first-order valence-corrected chi connectivity index (χ1v) is 10.7. The Morgan fingerprint density at radius 1 is 1.23 bits per heavy atom. The first kappa shape index (κ1) is 24.4. The summed E-state index contributed by atoms with van der Waals surface area (Å²) in [5, 5.41) is 6.69. The summed E-state index contributed by atoms with van der Waals surface area (Å²) in [5.74, 6) is -0.146. The molecule has 0 aliphatic heterocycles. The molecule has 1 aliphatic carbocycles. The number of ether oxygens (including phenoxy) is 2. The Morgan fingerprint density at radius 2 is 1.87 bits per heavy atom. The minimum absolute atomic E-state index is 0.0675. The summed E-state index contributed by atoms with van der Waals surface area (Å²) in [6, 6.07) is 7.58. The number of nitrogens with one attached hydrogen (secondary N) is 1. The van der Waals surface area contributed by atoms with E-state index in [0.29, 0.717) is 11.1 Å². The molecule has 3 atom stereocenters. The predicted molar refractivity (Wildman–Crippen MR) is 119 cm³/mol. The molecule has 8 heteroatoms. The summed E-state index contributed by atoms with van der Waals surface area (Å²) < 4.78 is 11.6. The molecule has 0 bridgehead atoms. The number of nitrogens with zero attached hydrogens (tertiary/aromatic N) is 3. The van der Waals surface area contributed by atoms with Gasteiger partial charge in [0.1, 0.15) is 5.60 Å². The summed E-state index contributed by atoms with van der Waals surface area (Å²) in [6.07, 6.45) is 2.16. The van der Waals surface area contributed by atoms with E-state index < -0.39 is 29.9 Å². The quantitative estimate of drug-likeness (QED) is 0.260. The molecule has 0 radical (unpaired) electrons. The zero-order valence-electron chi connectivity index (χ0n) is 18.9. The number of amides is 1. The minimum atomic E-state index is -0.690. The molecule has 0 spiro atoms. The number of hydrogen-bond donors (Lipinski definition) is 1. The fourth-order valence-electron chi connectivity index (χ4n) is 3.51. The second-order valence-corrected chi connectivity index (χ2v) is 8.57. The molecular formula is C23H32N4O4. The number of alkyl carbamates (subject to hydrolysis) is 1. The smallest absolute Gasteiger partial charge is 0.407 e. The third-order valence-corrected chi connectivity index (χ3v) is 5.03. The second-order valence-electron chi connectivity index (χ2n) is 8.57. The summed E-state index contributed by atoms with van der Waals surface area (Å²) in [4.78, 5) is 28.5. The normalized spacial score (nSPS) is 21.1. The molecule has 1 aromatic carbocycles. The number of hydrogen-bond acceptors (Lipinski definition) is 5. The van der Waals surface area contributed by atoms with Crippen LogP contribution in [-0.4, -0.2) is 41.8 Å². The molecule has 0 heterocycles. The zero-order valence-corrected chi connectivity index (χ0v) is 18.9. The molecule has 1 amide bonds. The van der Waals surface area contributed by atoms with Crippen molar-refractivity contribution in [3.8, 4) is 0 Å². The van der Waals surface area contributed by atoms with Crippen LogP contribution in [0.5, 0.6) is 0 Å². The number of benzene rings is 1. The van der Waals surface area contributed by atoms with Crippen molar-refractivity contribution in [3.05, 3.63) is 58.0 Å². The highest BCUT2D eigenvalue weighted by atomic mass is 16.6. The van der Waals surface area contributed by atoms with Gasteiger partial charge < -0.3 is 14.8 Å². The third-order valence-electron chi connectivity index (χ3n) is 5.03. The lowest BCUT2D eigenvalue weighted by Crippen LogP contribution is -2.54. The first-order valence-electron chi connectivity index (χ1n) is 10.7. The monoisotopic (exact) mass is 428 g/mol. The Kier molecular flexibility index (Phi) is 8.65. The van der Waals surface area contributed by atoms with Crippen LogP contribution in [0.1, 0.15) is 64.2 Å². The zero-order chi connectivity index (χ0) is 23.0. The topological polar surface area (TPSA) is 113 Å². The standard InChI is InChI=1S/C23H32N4O4/c1-6-17(7-2)30-19-14-16(21(28)15-11-9-8-10-12-15)13-18(26-27-24)20(19)25-22(29)31-23(3,4)5/h8-12,14,17-20H,6-7,13H2,1-5H3,(H,25,29)/t18-,19+,20+/m0/s1. The van der Waals surface area contributed by atoms with E-state index in [1.165, 1.54) is 0 Å². The SMILES string of the molecule is CCC(CC)O[C@@H]1C=C(C(=O)c2ccccc2)C[C@H](N=[N+]=[N-])[C@H]1NC(=O)OC(C)(C)C. The van der Waals surface area contributed by atoms with Crippen LogP contribution in [0.4, 0.5) is 4.79 Å². The van der Waals surface area contributed by atoms with Gasteiger partial charge in [-0.2, -0.15) is 0 Å². The number of carbonyl (C=O) groups excluding carboxylic acids is 2. The van der Waals surface area contributed by atoms with E-state index in [4.69, 9.17) is 15.0 Å². The van der Waals surface area contributed by atoms with E-state index in [-0.39, 0.29) is 18.3 Å². The molecule has 8 nitrogen and oxygen atoms in total. The lowest BCUT2D eigenvalue weighted by atomic mass is 9.85. The highest BCUT2D eigenvalue weighted by Crippen LogP contribution is 2.28. The van der Waals surface area contributed by atoms with Gasteiger partial charge >= 0.3 is 6.09 Å². The van der Waals surface area contributed by atoms with Crippen molar-refractivity contribution in [1.82, 2.24) is 5.32 Å². The van der Waals surface area contributed by atoms with Gasteiger partial charge in [-0.1, -0.05) is 49.3 Å². The molecule has 2 rings (SSSR count). The fraction of sp³-hybridized carbons (Fsp3) is 0.565. The number of ketones is 1. The number of Topliss-reactive ketones (excluding diaryl/α,β-unsaturated/α-hetero) is 1. The number of azide groups is 1. The molecule has 168 valence electrons. The Bertz CT molecular complexity index is 837. The van der Waals surface area contributed by atoms with E-state index in [9.17, 15) is 9.59 Å². The lowest BCUT2D eigenvalue weighted by Gasteiger charge is -2.37. The van der Waals surface area contributed by atoms with Gasteiger partial charge in [-0.15, -0.1) is 0 Å². The Balaban J connectivity index is 2.40. The van der Waals surface area contributed by atoms with Crippen LogP contribution in [0.2, 0.25) is 0 Å². The minimum Gasteiger partial charge on any atom is -0.444 e.